The Bertz CT molecular complexity index is 722. The van der Waals surface area contributed by atoms with Gasteiger partial charge in [0, 0.05) is 0 Å². The largest absolute Gasteiger partial charge is 0.0867 e. The van der Waals surface area contributed by atoms with Gasteiger partial charge in [-0.3, -0.25) is 0 Å². The zero-order valence-corrected chi connectivity index (χ0v) is 19.8. The molecule has 0 saturated heterocycles. The second-order valence-electron chi connectivity index (χ2n) is 9.58. The zero-order valence-electron chi connectivity index (χ0n) is 17.8. The van der Waals surface area contributed by atoms with Crippen LogP contribution in [-0.2, 0) is 0 Å². The standard InChI is InChI=1S/C24H34Si2/c1-19-9-13-21(14-10-19)23(17-25(3,4)5)24(18-26(6,7)8)22-15-11-20(2)12-16-22/h9-18H,1-8H3. The Hall–Kier alpha value is -1.65. The van der Waals surface area contributed by atoms with Crippen LogP contribution >= 0.6 is 0 Å². The van der Waals surface area contributed by atoms with Crippen molar-refractivity contribution in [2.45, 2.75) is 53.1 Å². The molecule has 2 heteroatoms. The van der Waals surface area contributed by atoms with Gasteiger partial charge < -0.3 is 0 Å². The average molecular weight is 379 g/mol. The van der Waals surface area contributed by atoms with Crippen molar-refractivity contribution in [3.63, 3.8) is 0 Å². The highest BCUT2D eigenvalue weighted by molar-refractivity contribution is 6.83. The summed E-state index contributed by atoms with van der Waals surface area (Å²) in [6.07, 6.45) is 0. The van der Waals surface area contributed by atoms with Crippen LogP contribution < -0.4 is 0 Å². The van der Waals surface area contributed by atoms with Crippen molar-refractivity contribution in [3.8, 4) is 0 Å². The highest BCUT2D eigenvalue weighted by Crippen LogP contribution is 2.34. The molecule has 138 valence electrons. The third-order valence-electron chi connectivity index (χ3n) is 4.17. The molecule has 0 saturated carbocycles. The first-order chi connectivity index (χ1) is 11.9. The highest BCUT2D eigenvalue weighted by Gasteiger charge is 2.20. The molecule has 0 aliphatic heterocycles. The lowest BCUT2D eigenvalue weighted by molar-refractivity contribution is 1.44. The van der Waals surface area contributed by atoms with Crippen LogP contribution in [0.2, 0.25) is 39.3 Å². The summed E-state index contributed by atoms with van der Waals surface area (Å²) in [6, 6.07) is 18.1. The second-order valence-corrected chi connectivity index (χ2v) is 19.6. The molecular formula is C24H34Si2. The molecule has 2 aromatic rings. The van der Waals surface area contributed by atoms with Gasteiger partial charge in [-0.05, 0) is 36.1 Å². The van der Waals surface area contributed by atoms with E-state index in [-0.39, 0.29) is 0 Å². The third kappa shape index (κ3) is 6.26. The first-order valence-electron chi connectivity index (χ1n) is 9.55. The van der Waals surface area contributed by atoms with Crippen molar-refractivity contribution >= 4 is 27.3 Å². The number of aryl methyl sites for hydroxylation is 2. The van der Waals surface area contributed by atoms with Gasteiger partial charge >= 0.3 is 0 Å². The summed E-state index contributed by atoms with van der Waals surface area (Å²) >= 11 is 0. The number of allylic oxidation sites excluding steroid dienone is 2. The predicted octanol–water partition coefficient (Wildman–Crippen LogP) is 7.53. The molecule has 2 aromatic carbocycles. The van der Waals surface area contributed by atoms with Crippen molar-refractivity contribution in [3.05, 3.63) is 82.2 Å². The summed E-state index contributed by atoms with van der Waals surface area (Å²) < 4.78 is 0. The smallest absolute Gasteiger partial charge is 0.0695 e. The molecule has 0 spiro atoms. The van der Waals surface area contributed by atoms with E-state index in [2.05, 4.69) is 113 Å². The predicted molar refractivity (Wildman–Crippen MR) is 125 cm³/mol. The average Bonchev–Trinajstić information content (AvgIpc) is 2.51. The van der Waals surface area contributed by atoms with Gasteiger partial charge in [-0.2, -0.15) is 0 Å². The van der Waals surface area contributed by atoms with Crippen molar-refractivity contribution in [1.82, 2.24) is 0 Å². The Balaban J connectivity index is 2.73. The van der Waals surface area contributed by atoms with E-state index in [1.54, 1.807) is 0 Å². The van der Waals surface area contributed by atoms with E-state index in [4.69, 9.17) is 0 Å². The Morgan fingerprint density at radius 3 is 1.04 bits per heavy atom. The van der Waals surface area contributed by atoms with Crippen molar-refractivity contribution in [2.75, 3.05) is 0 Å². The molecule has 0 unspecified atom stereocenters. The molecule has 0 fully saturated rings. The first kappa shape index (κ1) is 20.7. The van der Waals surface area contributed by atoms with E-state index in [9.17, 15) is 0 Å². The summed E-state index contributed by atoms with van der Waals surface area (Å²) in [5.41, 5.74) is 13.3. The summed E-state index contributed by atoms with van der Waals surface area (Å²) in [6.45, 7) is 18.8. The van der Waals surface area contributed by atoms with E-state index in [1.165, 1.54) is 33.4 Å². The van der Waals surface area contributed by atoms with Gasteiger partial charge in [0.15, 0.2) is 0 Å². The van der Waals surface area contributed by atoms with E-state index < -0.39 is 16.1 Å². The van der Waals surface area contributed by atoms with E-state index in [0.29, 0.717) is 0 Å². The zero-order chi connectivity index (χ0) is 19.5. The molecule has 0 aliphatic carbocycles. The molecule has 0 atom stereocenters. The third-order valence-corrected chi connectivity index (χ3v) is 6.48. The lowest BCUT2D eigenvalue weighted by atomic mass is 9.94. The monoisotopic (exact) mass is 378 g/mol. The van der Waals surface area contributed by atoms with E-state index in [1.807, 2.05) is 0 Å². The first-order valence-corrected chi connectivity index (χ1v) is 16.7. The molecule has 26 heavy (non-hydrogen) atoms. The van der Waals surface area contributed by atoms with Gasteiger partial charge in [-0.1, -0.05) is 110 Å². The SMILES string of the molecule is Cc1ccc(C(=C[Si](C)(C)C)C(=C[Si](C)(C)C)c2ccc(C)cc2)cc1. The molecular weight excluding hydrogens is 344 g/mol. The van der Waals surface area contributed by atoms with Gasteiger partial charge in [0.1, 0.15) is 0 Å². The van der Waals surface area contributed by atoms with Gasteiger partial charge in [0.25, 0.3) is 0 Å². The Labute approximate surface area is 162 Å². The molecule has 0 radical (unpaired) electrons. The molecule has 0 aliphatic rings. The summed E-state index contributed by atoms with van der Waals surface area (Å²) in [5, 5.41) is 0. The Morgan fingerprint density at radius 1 is 0.538 bits per heavy atom. The maximum absolute atomic E-state index is 2.57. The molecule has 0 heterocycles. The number of hydrogen-bond acceptors (Lipinski definition) is 0. The fraction of sp³-hybridized carbons (Fsp3) is 0.333. The van der Waals surface area contributed by atoms with Gasteiger partial charge in [-0.25, -0.2) is 0 Å². The minimum absolute atomic E-state index is 1.31. The number of benzene rings is 2. The van der Waals surface area contributed by atoms with Crippen molar-refractivity contribution in [2.24, 2.45) is 0 Å². The molecule has 0 bridgehead atoms. The molecule has 0 aromatic heterocycles. The van der Waals surface area contributed by atoms with Crippen molar-refractivity contribution in [1.29, 1.82) is 0 Å². The van der Waals surface area contributed by atoms with E-state index >= 15 is 0 Å². The lowest BCUT2D eigenvalue weighted by Crippen LogP contribution is -2.19. The van der Waals surface area contributed by atoms with Crippen molar-refractivity contribution < 1.29 is 0 Å². The summed E-state index contributed by atoms with van der Waals surface area (Å²) in [4.78, 5) is 0. The minimum atomic E-state index is -1.39. The van der Waals surface area contributed by atoms with E-state index in [0.717, 1.165) is 0 Å². The Kier molecular flexibility index (Phi) is 6.30. The number of rotatable bonds is 5. The summed E-state index contributed by atoms with van der Waals surface area (Å²) in [5.74, 6) is 0. The quantitative estimate of drug-likeness (QED) is 0.372. The minimum Gasteiger partial charge on any atom is -0.0867 e. The van der Waals surface area contributed by atoms with Crippen LogP contribution in [0.4, 0.5) is 0 Å². The van der Waals surface area contributed by atoms with Crippen LogP contribution in [0.5, 0.6) is 0 Å². The Morgan fingerprint density at radius 2 is 0.808 bits per heavy atom. The summed E-state index contributed by atoms with van der Waals surface area (Å²) in [7, 11) is -2.77. The second kappa shape index (κ2) is 7.93. The van der Waals surface area contributed by atoms with Gasteiger partial charge in [0.05, 0.1) is 16.1 Å². The maximum atomic E-state index is 2.57. The fourth-order valence-electron chi connectivity index (χ4n) is 2.97. The molecule has 0 N–H and O–H groups in total. The van der Waals surface area contributed by atoms with Crippen LogP contribution in [0.3, 0.4) is 0 Å². The van der Waals surface area contributed by atoms with Crippen LogP contribution in [0.15, 0.2) is 59.9 Å². The van der Waals surface area contributed by atoms with Crippen LogP contribution in [-0.4, -0.2) is 16.1 Å². The topological polar surface area (TPSA) is 0 Å². The van der Waals surface area contributed by atoms with Crippen LogP contribution in [0.1, 0.15) is 22.3 Å². The normalized spacial score (nSPS) is 13.8. The lowest BCUT2D eigenvalue weighted by Gasteiger charge is -2.22. The fourth-order valence-corrected chi connectivity index (χ4v) is 5.34. The van der Waals surface area contributed by atoms with Crippen LogP contribution in [0.25, 0.3) is 11.1 Å². The van der Waals surface area contributed by atoms with Gasteiger partial charge in [-0.15, -0.1) is 0 Å². The molecule has 0 amide bonds. The molecule has 2 rings (SSSR count). The molecule has 0 nitrogen and oxygen atoms in total. The number of hydrogen-bond donors (Lipinski definition) is 0. The van der Waals surface area contributed by atoms with Gasteiger partial charge in [0.2, 0.25) is 0 Å². The highest BCUT2D eigenvalue weighted by atomic mass is 28.3. The maximum Gasteiger partial charge on any atom is 0.0695 e. The van der Waals surface area contributed by atoms with Crippen LogP contribution in [0, 0.1) is 13.8 Å².